The van der Waals surface area contributed by atoms with Gasteiger partial charge in [0.1, 0.15) is 6.10 Å². The Morgan fingerprint density at radius 2 is 1.68 bits per heavy atom. The number of benzene rings is 1. The van der Waals surface area contributed by atoms with Crippen molar-refractivity contribution in [3.05, 3.63) is 47.5 Å². The van der Waals surface area contributed by atoms with E-state index in [1.165, 1.54) is 18.2 Å². The Morgan fingerprint density at radius 1 is 1.05 bits per heavy atom. The molecule has 19 heavy (non-hydrogen) atoms. The second-order valence-corrected chi connectivity index (χ2v) is 4.89. The Labute approximate surface area is 107 Å². The molecule has 0 spiro atoms. The molecule has 0 aromatic heterocycles. The Kier molecular flexibility index (Phi) is 1.64. The maximum atomic E-state index is 12.5. The highest BCUT2D eigenvalue weighted by Gasteiger charge is 2.87. The molecule has 4 rings (SSSR count). The van der Waals surface area contributed by atoms with E-state index in [1.54, 1.807) is 12.1 Å². The molecular formula is C14H8O5. The maximum Gasteiger partial charge on any atom is 0.233 e. The number of carbonyl (C=O) groups is 3. The van der Waals surface area contributed by atoms with Crippen LogP contribution in [0.25, 0.3) is 0 Å². The molecule has 1 aromatic carbocycles. The van der Waals surface area contributed by atoms with Crippen molar-refractivity contribution < 1.29 is 24.2 Å². The van der Waals surface area contributed by atoms with Gasteiger partial charge >= 0.3 is 0 Å². The Hall–Kier alpha value is -2.11. The summed E-state index contributed by atoms with van der Waals surface area (Å²) in [5.74, 6) is -1.63. The van der Waals surface area contributed by atoms with E-state index in [2.05, 4.69) is 0 Å². The summed E-state index contributed by atoms with van der Waals surface area (Å²) < 4.78 is 5.28. The van der Waals surface area contributed by atoms with Crippen molar-refractivity contribution in [2.24, 2.45) is 0 Å². The first-order valence-corrected chi connectivity index (χ1v) is 5.85. The summed E-state index contributed by atoms with van der Waals surface area (Å²) in [6, 6.07) is 6.25. The van der Waals surface area contributed by atoms with Crippen molar-refractivity contribution in [3.63, 3.8) is 0 Å². The van der Waals surface area contributed by atoms with E-state index in [4.69, 9.17) is 4.74 Å². The van der Waals surface area contributed by atoms with E-state index < -0.39 is 34.7 Å². The summed E-state index contributed by atoms with van der Waals surface area (Å²) in [4.78, 5) is 37.0. The van der Waals surface area contributed by atoms with E-state index >= 15 is 0 Å². The SMILES string of the molecule is O=C1C=CC(O)C23OC12C(=O)c1ccccc1C3=O. The molecule has 3 atom stereocenters. The lowest BCUT2D eigenvalue weighted by atomic mass is 9.68. The van der Waals surface area contributed by atoms with E-state index in [0.29, 0.717) is 0 Å². The van der Waals surface area contributed by atoms with Crippen molar-refractivity contribution in [2.45, 2.75) is 17.3 Å². The average Bonchev–Trinajstić information content (AvgIpc) is 3.15. The molecule has 5 heteroatoms. The van der Waals surface area contributed by atoms with Gasteiger partial charge in [-0.2, -0.15) is 0 Å². The molecule has 3 unspecified atom stereocenters. The minimum atomic E-state index is -1.84. The molecule has 5 nitrogen and oxygen atoms in total. The van der Waals surface area contributed by atoms with Crippen LogP contribution in [0.3, 0.4) is 0 Å². The summed E-state index contributed by atoms with van der Waals surface area (Å²) in [5.41, 5.74) is -3.21. The number of Topliss-reactive ketones (excluding diaryl/α,β-unsaturated/α-hetero) is 2. The molecule has 94 valence electrons. The van der Waals surface area contributed by atoms with Gasteiger partial charge in [-0.3, -0.25) is 14.4 Å². The summed E-state index contributed by atoms with van der Waals surface area (Å²) in [5, 5.41) is 9.99. The zero-order valence-corrected chi connectivity index (χ0v) is 9.62. The van der Waals surface area contributed by atoms with Gasteiger partial charge in [-0.25, -0.2) is 0 Å². The number of epoxide rings is 1. The van der Waals surface area contributed by atoms with Crippen LogP contribution in [0.5, 0.6) is 0 Å². The number of rotatable bonds is 0. The first-order chi connectivity index (χ1) is 9.05. The summed E-state index contributed by atoms with van der Waals surface area (Å²) in [6.07, 6.45) is 1.02. The highest BCUT2D eigenvalue weighted by molar-refractivity contribution is 6.36. The van der Waals surface area contributed by atoms with Gasteiger partial charge in [0, 0.05) is 11.1 Å². The number of hydrogen-bond acceptors (Lipinski definition) is 5. The van der Waals surface area contributed by atoms with Gasteiger partial charge in [0.2, 0.25) is 22.8 Å². The molecule has 0 amide bonds. The minimum absolute atomic E-state index is 0.177. The quantitative estimate of drug-likeness (QED) is 0.524. The van der Waals surface area contributed by atoms with Crippen molar-refractivity contribution in [3.8, 4) is 0 Å². The largest absolute Gasteiger partial charge is 0.385 e. The highest BCUT2D eigenvalue weighted by Crippen LogP contribution is 2.59. The molecule has 0 bridgehead atoms. The lowest BCUT2D eigenvalue weighted by Crippen LogP contribution is -2.56. The van der Waals surface area contributed by atoms with Crippen LogP contribution in [-0.2, 0) is 9.53 Å². The van der Waals surface area contributed by atoms with Gasteiger partial charge in [0.25, 0.3) is 0 Å². The fourth-order valence-corrected chi connectivity index (χ4v) is 3.09. The smallest absolute Gasteiger partial charge is 0.233 e. The van der Waals surface area contributed by atoms with E-state index in [9.17, 15) is 19.5 Å². The maximum absolute atomic E-state index is 12.5. The average molecular weight is 256 g/mol. The molecule has 1 saturated heterocycles. The minimum Gasteiger partial charge on any atom is -0.385 e. The van der Waals surface area contributed by atoms with E-state index in [-0.39, 0.29) is 11.1 Å². The number of ketones is 3. The van der Waals surface area contributed by atoms with Crippen LogP contribution < -0.4 is 0 Å². The van der Waals surface area contributed by atoms with Crippen molar-refractivity contribution in [1.82, 2.24) is 0 Å². The number of aliphatic hydroxyl groups is 1. The van der Waals surface area contributed by atoms with E-state index in [0.717, 1.165) is 6.08 Å². The summed E-state index contributed by atoms with van der Waals surface area (Å²) in [6.45, 7) is 0. The number of ether oxygens (including phenoxy) is 1. The van der Waals surface area contributed by atoms with Crippen LogP contribution >= 0.6 is 0 Å². The Balaban J connectivity index is 2.05. The number of fused-ring (bicyclic) bond motifs is 1. The lowest BCUT2D eigenvalue weighted by molar-refractivity contribution is -0.118. The van der Waals surface area contributed by atoms with Crippen LogP contribution in [0.15, 0.2) is 36.4 Å². The van der Waals surface area contributed by atoms with Crippen LogP contribution in [-0.4, -0.2) is 39.8 Å². The molecule has 1 N–H and O–H groups in total. The lowest BCUT2D eigenvalue weighted by Gasteiger charge is -2.27. The molecule has 1 heterocycles. The number of carbonyl (C=O) groups excluding carboxylic acids is 3. The van der Waals surface area contributed by atoms with Gasteiger partial charge in [-0.1, -0.05) is 24.3 Å². The van der Waals surface area contributed by atoms with Gasteiger partial charge in [0.05, 0.1) is 0 Å². The molecule has 3 aliphatic rings. The fraction of sp³-hybridized carbons (Fsp3) is 0.214. The second kappa shape index (κ2) is 2.89. The molecular weight excluding hydrogens is 248 g/mol. The molecule has 0 radical (unpaired) electrons. The first kappa shape index (κ1) is 10.8. The molecule has 0 saturated carbocycles. The van der Waals surface area contributed by atoms with Crippen LogP contribution in [0.2, 0.25) is 0 Å². The molecule has 1 aromatic rings. The summed E-state index contributed by atoms with van der Waals surface area (Å²) >= 11 is 0. The predicted molar refractivity (Wildman–Crippen MR) is 61.8 cm³/mol. The van der Waals surface area contributed by atoms with Crippen LogP contribution in [0.4, 0.5) is 0 Å². The van der Waals surface area contributed by atoms with Gasteiger partial charge in [0.15, 0.2) is 5.78 Å². The van der Waals surface area contributed by atoms with E-state index in [1.807, 2.05) is 0 Å². The van der Waals surface area contributed by atoms with Crippen molar-refractivity contribution in [1.29, 1.82) is 0 Å². The van der Waals surface area contributed by atoms with Gasteiger partial charge < -0.3 is 9.84 Å². The summed E-state index contributed by atoms with van der Waals surface area (Å²) in [7, 11) is 0. The van der Waals surface area contributed by atoms with Gasteiger partial charge in [-0.05, 0) is 12.2 Å². The highest BCUT2D eigenvalue weighted by atomic mass is 16.7. The predicted octanol–water partition coefficient (Wildman–Crippen LogP) is 0.0732. The third-order valence-corrected chi connectivity index (χ3v) is 4.06. The first-order valence-electron chi connectivity index (χ1n) is 5.85. The van der Waals surface area contributed by atoms with Crippen molar-refractivity contribution >= 4 is 17.3 Å². The Bertz CT molecular complexity index is 704. The Morgan fingerprint density at radius 3 is 2.37 bits per heavy atom. The fourth-order valence-electron chi connectivity index (χ4n) is 3.09. The van der Waals surface area contributed by atoms with Gasteiger partial charge in [-0.15, -0.1) is 0 Å². The van der Waals surface area contributed by atoms with Crippen LogP contribution in [0, 0.1) is 0 Å². The second-order valence-electron chi connectivity index (χ2n) is 4.89. The third-order valence-electron chi connectivity index (χ3n) is 4.06. The molecule has 1 aliphatic heterocycles. The third kappa shape index (κ3) is 0.884. The molecule has 1 fully saturated rings. The standard InChI is InChI=1S/C14H8O5/c15-9-5-6-10(16)14-12(18)8-4-2-1-3-7(8)11(17)13(9,14)19-14/h1-6,9,15H. The van der Waals surface area contributed by atoms with Crippen LogP contribution in [0.1, 0.15) is 20.7 Å². The number of hydrogen-bond donors (Lipinski definition) is 1. The topological polar surface area (TPSA) is 84.0 Å². The zero-order chi connectivity index (χ0) is 13.4. The monoisotopic (exact) mass is 256 g/mol. The normalized spacial score (nSPS) is 38.6. The molecule has 2 aliphatic carbocycles. The zero-order valence-electron chi connectivity index (χ0n) is 9.62. The number of aliphatic hydroxyl groups excluding tert-OH is 1. The van der Waals surface area contributed by atoms with Crippen molar-refractivity contribution in [2.75, 3.05) is 0 Å².